The van der Waals surface area contributed by atoms with E-state index in [1.165, 1.54) is 0 Å². The maximum absolute atomic E-state index is 12.5. The van der Waals surface area contributed by atoms with Crippen LogP contribution in [-0.4, -0.2) is 127 Å². The molecule has 0 saturated heterocycles. The first kappa shape index (κ1) is 39.3. The predicted octanol–water partition coefficient (Wildman–Crippen LogP) is -0.537. The number of hydrogen-bond acceptors (Lipinski definition) is 11. The van der Waals surface area contributed by atoms with Gasteiger partial charge in [0.2, 0.25) is 11.8 Å². The topological polar surface area (TPSA) is 213 Å². The highest BCUT2D eigenvalue weighted by molar-refractivity contribution is 5.79. The van der Waals surface area contributed by atoms with E-state index in [0.717, 1.165) is 23.8 Å². The second-order valence-electron chi connectivity index (χ2n) is 10.5. The fourth-order valence-electron chi connectivity index (χ4n) is 4.50. The van der Waals surface area contributed by atoms with Crippen LogP contribution in [0.25, 0.3) is 11.1 Å². The molecule has 5 atom stereocenters. The molecule has 258 valence electrons. The lowest BCUT2D eigenvalue weighted by atomic mass is 9.95. The molecule has 2 rings (SSSR count). The van der Waals surface area contributed by atoms with E-state index in [4.69, 9.17) is 25.4 Å². The van der Waals surface area contributed by atoms with E-state index >= 15 is 0 Å². The van der Waals surface area contributed by atoms with Crippen molar-refractivity contribution in [1.29, 1.82) is 0 Å². The number of ether oxygens (including phenoxy) is 4. The van der Waals surface area contributed by atoms with Crippen LogP contribution < -0.4 is 10.6 Å². The van der Waals surface area contributed by atoms with Crippen molar-refractivity contribution in [3.8, 4) is 23.5 Å². The fourth-order valence-corrected chi connectivity index (χ4v) is 4.50. The van der Waals surface area contributed by atoms with E-state index in [-0.39, 0.29) is 46.0 Å². The second-order valence-corrected chi connectivity index (χ2v) is 10.5. The molecular formula is C33H44N2O12. The van der Waals surface area contributed by atoms with Crippen LogP contribution in [0.1, 0.15) is 18.4 Å². The predicted molar refractivity (Wildman–Crippen MR) is 169 cm³/mol. The zero-order valence-electron chi connectivity index (χ0n) is 26.2. The minimum atomic E-state index is -2.37. The normalized spacial score (nSPS) is 15.0. The van der Waals surface area contributed by atoms with E-state index in [2.05, 4.69) is 16.6 Å². The molecule has 0 aliphatic carbocycles. The summed E-state index contributed by atoms with van der Waals surface area (Å²) in [5, 5.41) is 56.1. The number of aliphatic hydroxyl groups excluding tert-OH is 4. The molecule has 2 aromatic carbocycles. The Balaban J connectivity index is 1.94. The number of benzene rings is 2. The summed E-state index contributed by atoms with van der Waals surface area (Å²) in [5.74, 6) is -3.00. The number of aliphatic hydroxyl groups is 4. The Morgan fingerprint density at radius 1 is 0.872 bits per heavy atom. The molecule has 0 radical (unpaired) electrons. The molecule has 1 unspecified atom stereocenters. The molecule has 2 amide bonds. The molecule has 0 bridgehead atoms. The molecule has 0 spiro atoms. The van der Waals surface area contributed by atoms with E-state index in [0.29, 0.717) is 0 Å². The number of terminal acetylenes is 1. The highest BCUT2D eigenvalue weighted by Gasteiger charge is 2.44. The van der Waals surface area contributed by atoms with Gasteiger partial charge in [0.05, 0.1) is 57.2 Å². The second kappa shape index (κ2) is 21.1. The van der Waals surface area contributed by atoms with Crippen LogP contribution >= 0.6 is 0 Å². The molecule has 14 heteroatoms. The zero-order chi connectivity index (χ0) is 34.7. The number of carboxylic acids is 1. The third-order valence-electron chi connectivity index (χ3n) is 7.08. The van der Waals surface area contributed by atoms with E-state index < -0.39 is 67.4 Å². The molecule has 7 N–H and O–H groups in total. The summed E-state index contributed by atoms with van der Waals surface area (Å²) in [5.41, 5.74) is 2.75. The lowest BCUT2D eigenvalue weighted by Gasteiger charge is -2.34. The van der Waals surface area contributed by atoms with Gasteiger partial charge < -0.3 is 55.1 Å². The third-order valence-corrected chi connectivity index (χ3v) is 7.08. The molecule has 0 fully saturated rings. The van der Waals surface area contributed by atoms with E-state index in [1.807, 2.05) is 54.6 Å². The monoisotopic (exact) mass is 660 g/mol. The Bertz CT molecular complexity index is 1270. The van der Waals surface area contributed by atoms with Gasteiger partial charge in [-0.05, 0) is 23.1 Å². The van der Waals surface area contributed by atoms with Gasteiger partial charge in [-0.1, -0.05) is 60.5 Å². The van der Waals surface area contributed by atoms with Crippen molar-refractivity contribution in [3.63, 3.8) is 0 Å². The maximum atomic E-state index is 12.5. The Morgan fingerprint density at radius 3 is 2.13 bits per heavy atom. The van der Waals surface area contributed by atoms with Gasteiger partial charge >= 0.3 is 5.97 Å². The van der Waals surface area contributed by atoms with Crippen LogP contribution in [0.4, 0.5) is 0 Å². The molecule has 0 aromatic heterocycles. The van der Waals surface area contributed by atoms with Gasteiger partial charge in [0.1, 0.15) is 13.2 Å². The largest absolute Gasteiger partial charge is 0.477 e. The molecule has 47 heavy (non-hydrogen) atoms. The number of rotatable bonds is 23. The Labute approximate surface area is 273 Å². The van der Waals surface area contributed by atoms with Crippen LogP contribution in [0.3, 0.4) is 0 Å². The molecule has 0 saturated carbocycles. The van der Waals surface area contributed by atoms with Crippen LogP contribution in [-0.2, 0) is 39.8 Å². The average Bonchev–Trinajstić information content (AvgIpc) is 3.07. The van der Waals surface area contributed by atoms with Gasteiger partial charge in [0, 0.05) is 20.1 Å². The Kier molecular flexibility index (Phi) is 17.6. The Morgan fingerprint density at radius 2 is 1.51 bits per heavy atom. The summed E-state index contributed by atoms with van der Waals surface area (Å²) in [6.07, 6.45) is -0.914. The molecular weight excluding hydrogens is 616 g/mol. The first-order chi connectivity index (χ1) is 22.5. The third kappa shape index (κ3) is 13.8. The van der Waals surface area contributed by atoms with Gasteiger partial charge in [-0.25, -0.2) is 4.79 Å². The van der Waals surface area contributed by atoms with Crippen molar-refractivity contribution in [2.45, 2.75) is 49.4 Å². The summed E-state index contributed by atoms with van der Waals surface area (Å²) >= 11 is 0. The zero-order valence-corrected chi connectivity index (χ0v) is 26.2. The number of carbonyl (C=O) groups is 3. The van der Waals surface area contributed by atoms with Crippen LogP contribution in [0, 0.1) is 12.3 Å². The van der Waals surface area contributed by atoms with Crippen LogP contribution in [0.2, 0.25) is 0 Å². The lowest BCUT2D eigenvalue weighted by Crippen LogP contribution is -2.54. The van der Waals surface area contributed by atoms with E-state index in [1.54, 1.807) is 0 Å². The number of hydrogen-bond donors (Lipinski definition) is 7. The number of carbonyl (C=O) groups excluding carboxylic acids is 2. The van der Waals surface area contributed by atoms with Crippen molar-refractivity contribution < 1.29 is 58.9 Å². The number of carboxylic acid groups (broad SMARTS) is 1. The van der Waals surface area contributed by atoms with Crippen molar-refractivity contribution in [1.82, 2.24) is 10.6 Å². The quantitative estimate of drug-likeness (QED) is 0.0455. The van der Waals surface area contributed by atoms with E-state index in [9.17, 15) is 39.9 Å². The van der Waals surface area contributed by atoms with Gasteiger partial charge in [0.25, 0.3) is 5.79 Å². The molecule has 0 aliphatic rings. The first-order valence-corrected chi connectivity index (χ1v) is 14.9. The number of amides is 2. The summed E-state index contributed by atoms with van der Waals surface area (Å²) in [6, 6.07) is 15.8. The smallest absolute Gasteiger partial charge is 0.364 e. The van der Waals surface area contributed by atoms with Gasteiger partial charge in [0.15, 0.2) is 0 Å². The highest BCUT2D eigenvalue weighted by Crippen LogP contribution is 2.24. The van der Waals surface area contributed by atoms with Crippen molar-refractivity contribution in [2.75, 3.05) is 53.3 Å². The highest BCUT2D eigenvalue weighted by atomic mass is 16.7. The first-order valence-electron chi connectivity index (χ1n) is 14.9. The Hall–Kier alpha value is -3.91. The summed E-state index contributed by atoms with van der Waals surface area (Å²) < 4.78 is 20.9. The van der Waals surface area contributed by atoms with Gasteiger partial charge in [-0.15, -0.1) is 6.42 Å². The summed E-state index contributed by atoms with van der Waals surface area (Å²) in [7, 11) is 1.05. The fraction of sp³-hybridized carbons (Fsp3) is 0.485. The van der Waals surface area contributed by atoms with Crippen molar-refractivity contribution in [2.24, 2.45) is 0 Å². The summed E-state index contributed by atoms with van der Waals surface area (Å²) in [4.78, 5) is 36.6. The van der Waals surface area contributed by atoms with Crippen LogP contribution in [0.15, 0.2) is 54.6 Å². The standard InChI is InChI=1S/C33H44N2O12/c1-3-13-45-14-15-46-16-17-47-33(44-2,32(42)43)20-28(38)26(35-31(41)22-36)19-27(37)29(39)21-34-30(40)18-23-9-11-25(12-10-23)24-7-5-4-6-8-24/h1,4-12,26-29,36-39H,13-22H2,2H3,(H,34,40)(H,35,41)(H,42,43)/t26-,27-,28-,29+,33?/m0/s1. The lowest BCUT2D eigenvalue weighted by molar-refractivity contribution is -0.248. The summed E-state index contributed by atoms with van der Waals surface area (Å²) in [6.45, 7) is -1.13. The number of aliphatic carboxylic acids is 1. The molecule has 2 aromatic rings. The minimum Gasteiger partial charge on any atom is -0.477 e. The maximum Gasteiger partial charge on any atom is 0.364 e. The molecule has 0 heterocycles. The SMILES string of the molecule is C#CCOCCOCCOC(C[C@H](O)[C@H](C[C@H](O)[C@H](O)CNC(=O)Cc1ccc(-c2ccccc2)cc1)NC(=O)CO)(OC)C(=O)O. The average molecular weight is 661 g/mol. The minimum absolute atomic E-state index is 0.0185. The molecule has 0 aliphatic heterocycles. The van der Waals surface area contributed by atoms with Gasteiger partial charge in [-0.2, -0.15) is 0 Å². The van der Waals surface area contributed by atoms with Crippen molar-refractivity contribution >= 4 is 17.8 Å². The molecule has 14 nitrogen and oxygen atoms in total. The number of methoxy groups -OCH3 is 1. The van der Waals surface area contributed by atoms with Crippen LogP contribution in [0.5, 0.6) is 0 Å². The van der Waals surface area contributed by atoms with Gasteiger partial charge in [-0.3, -0.25) is 9.59 Å². The number of nitrogens with one attached hydrogen (secondary N) is 2. The van der Waals surface area contributed by atoms with Crippen molar-refractivity contribution in [3.05, 3.63) is 60.2 Å².